The van der Waals surface area contributed by atoms with Crippen LogP contribution < -0.4 is 4.72 Å². The molecule has 8 heteroatoms. The molecule has 0 aliphatic heterocycles. The van der Waals surface area contributed by atoms with E-state index < -0.39 is 21.5 Å². The van der Waals surface area contributed by atoms with Gasteiger partial charge in [0, 0.05) is 12.1 Å². The summed E-state index contributed by atoms with van der Waals surface area (Å²) in [5.74, 6) is -1.14. The number of nitrogens with one attached hydrogen (secondary N) is 1. The number of thiophene rings is 1. The molecule has 0 radical (unpaired) electrons. The van der Waals surface area contributed by atoms with Gasteiger partial charge >= 0.3 is 5.97 Å². The number of carboxylic acids is 1. The lowest BCUT2D eigenvalue weighted by molar-refractivity contribution is 0.0701. The molecule has 6 nitrogen and oxygen atoms in total. The van der Waals surface area contributed by atoms with Crippen LogP contribution >= 0.6 is 11.3 Å². The van der Waals surface area contributed by atoms with E-state index in [4.69, 9.17) is 10.2 Å². The molecule has 0 bridgehead atoms. The molecule has 0 saturated heterocycles. The fourth-order valence-electron chi connectivity index (χ4n) is 1.54. The molecule has 108 valence electrons. The van der Waals surface area contributed by atoms with Crippen molar-refractivity contribution in [3.05, 3.63) is 16.5 Å². The fourth-order valence-corrected chi connectivity index (χ4v) is 4.36. The molecule has 0 amide bonds. The van der Waals surface area contributed by atoms with E-state index in [1.54, 1.807) is 20.8 Å². The van der Waals surface area contributed by atoms with Gasteiger partial charge in [-0.25, -0.2) is 17.9 Å². The van der Waals surface area contributed by atoms with Crippen molar-refractivity contribution in [2.45, 2.75) is 36.9 Å². The monoisotopic (exact) mass is 307 g/mol. The number of aliphatic hydroxyl groups excluding tert-OH is 1. The molecule has 0 spiro atoms. The van der Waals surface area contributed by atoms with E-state index in [2.05, 4.69) is 4.72 Å². The number of aromatic carboxylic acids is 1. The number of aryl methyl sites for hydroxylation is 1. The van der Waals surface area contributed by atoms with Gasteiger partial charge < -0.3 is 10.2 Å². The molecular weight excluding hydrogens is 290 g/mol. The lowest BCUT2D eigenvalue weighted by atomic mass is 10.0. The summed E-state index contributed by atoms with van der Waals surface area (Å²) in [5.41, 5.74) is -0.382. The highest BCUT2D eigenvalue weighted by atomic mass is 32.2. The second kappa shape index (κ2) is 5.58. The van der Waals surface area contributed by atoms with E-state index >= 15 is 0 Å². The number of hydrogen-bond acceptors (Lipinski definition) is 5. The van der Waals surface area contributed by atoms with Gasteiger partial charge in [-0.15, -0.1) is 11.3 Å². The standard InChI is InChI=1S/C11H17NO5S2/c1-7-6-8(18-9(7)10(14)15)19(16,17)12-11(2,3)4-5-13/h6,12-13H,4-5H2,1-3H3,(H,14,15). The third kappa shape index (κ3) is 4.00. The van der Waals surface area contributed by atoms with Crippen LogP contribution in [0.15, 0.2) is 10.3 Å². The van der Waals surface area contributed by atoms with Crippen molar-refractivity contribution in [2.24, 2.45) is 0 Å². The van der Waals surface area contributed by atoms with Crippen LogP contribution in [0.4, 0.5) is 0 Å². The number of carboxylic acid groups (broad SMARTS) is 1. The van der Waals surface area contributed by atoms with Gasteiger partial charge in [0.1, 0.15) is 9.09 Å². The maximum Gasteiger partial charge on any atom is 0.346 e. The molecule has 1 aromatic rings. The van der Waals surface area contributed by atoms with E-state index in [1.807, 2.05) is 0 Å². The number of sulfonamides is 1. The zero-order valence-electron chi connectivity index (χ0n) is 10.9. The summed E-state index contributed by atoms with van der Waals surface area (Å²) in [5, 5.41) is 17.8. The van der Waals surface area contributed by atoms with Crippen LogP contribution in [0, 0.1) is 6.92 Å². The molecule has 0 saturated carbocycles. The third-order valence-corrected chi connectivity index (χ3v) is 5.90. The van der Waals surface area contributed by atoms with Crippen LogP contribution in [-0.4, -0.2) is 36.7 Å². The Kier molecular flexibility index (Phi) is 4.72. The van der Waals surface area contributed by atoms with Crippen LogP contribution in [-0.2, 0) is 10.0 Å². The van der Waals surface area contributed by atoms with Crippen molar-refractivity contribution in [1.29, 1.82) is 0 Å². The zero-order valence-corrected chi connectivity index (χ0v) is 12.6. The molecule has 0 aliphatic carbocycles. The van der Waals surface area contributed by atoms with Gasteiger partial charge in [-0.3, -0.25) is 0 Å². The number of hydrogen-bond donors (Lipinski definition) is 3. The van der Waals surface area contributed by atoms with Crippen LogP contribution in [0.3, 0.4) is 0 Å². The first-order chi connectivity index (χ1) is 8.59. The van der Waals surface area contributed by atoms with Crippen molar-refractivity contribution in [3.63, 3.8) is 0 Å². The smallest absolute Gasteiger partial charge is 0.346 e. The zero-order chi connectivity index (χ0) is 14.8. The van der Waals surface area contributed by atoms with Crippen molar-refractivity contribution >= 4 is 27.3 Å². The van der Waals surface area contributed by atoms with Crippen LogP contribution in [0.2, 0.25) is 0 Å². The highest BCUT2D eigenvalue weighted by Gasteiger charge is 2.28. The van der Waals surface area contributed by atoms with Crippen LogP contribution in [0.25, 0.3) is 0 Å². The average Bonchev–Trinajstić information content (AvgIpc) is 2.58. The minimum Gasteiger partial charge on any atom is -0.477 e. The second-order valence-electron chi connectivity index (χ2n) is 4.85. The summed E-state index contributed by atoms with van der Waals surface area (Å²) in [6, 6.07) is 1.34. The molecule has 1 heterocycles. The van der Waals surface area contributed by atoms with Crippen molar-refractivity contribution in [3.8, 4) is 0 Å². The molecular formula is C11H17NO5S2. The lowest BCUT2D eigenvalue weighted by Crippen LogP contribution is -2.43. The first kappa shape index (κ1) is 16.1. The second-order valence-corrected chi connectivity index (χ2v) is 7.81. The maximum absolute atomic E-state index is 12.1. The minimum absolute atomic E-state index is 0.0142. The summed E-state index contributed by atoms with van der Waals surface area (Å²) in [6.45, 7) is 4.72. The predicted octanol–water partition coefficient (Wildman–Crippen LogP) is 1.19. The van der Waals surface area contributed by atoms with Crippen LogP contribution in [0.1, 0.15) is 35.5 Å². The predicted molar refractivity (Wildman–Crippen MR) is 72.1 cm³/mol. The Morgan fingerprint density at radius 3 is 2.47 bits per heavy atom. The minimum atomic E-state index is -3.78. The number of aliphatic hydroxyl groups is 1. The van der Waals surface area contributed by atoms with Crippen molar-refractivity contribution in [1.82, 2.24) is 4.72 Å². The maximum atomic E-state index is 12.1. The summed E-state index contributed by atoms with van der Waals surface area (Å²) in [4.78, 5) is 10.9. The van der Waals surface area contributed by atoms with E-state index in [0.29, 0.717) is 5.56 Å². The quantitative estimate of drug-likeness (QED) is 0.732. The Morgan fingerprint density at radius 2 is 2.05 bits per heavy atom. The van der Waals surface area contributed by atoms with Gasteiger partial charge in [0.25, 0.3) is 10.0 Å². The summed E-state index contributed by atoms with van der Waals surface area (Å²) in [7, 11) is -3.78. The normalized spacial score (nSPS) is 12.6. The Hall–Kier alpha value is -0.960. The van der Waals surface area contributed by atoms with Crippen molar-refractivity contribution in [2.75, 3.05) is 6.61 Å². The molecule has 0 fully saturated rings. The Balaban J connectivity index is 3.08. The lowest BCUT2D eigenvalue weighted by Gasteiger charge is -2.24. The van der Waals surface area contributed by atoms with Gasteiger partial charge in [0.05, 0.1) is 0 Å². The molecule has 1 aromatic heterocycles. The molecule has 0 unspecified atom stereocenters. The Bertz CT molecular complexity index is 574. The number of carbonyl (C=O) groups is 1. The molecule has 19 heavy (non-hydrogen) atoms. The van der Waals surface area contributed by atoms with Gasteiger partial charge in [-0.05, 0) is 38.8 Å². The van der Waals surface area contributed by atoms with E-state index in [1.165, 1.54) is 6.07 Å². The van der Waals surface area contributed by atoms with Gasteiger partial charge in [-0.1, -0.05) is 0 Å². The Morgan fingerprint density at radius 1 is 1.47 bits per heavy atom. The van der Waals surface area contributed by atoms with E-state index in [0.717, 1.165) is 11.3 Å². The third-order valence-electron chi connectivity index (χ3n) is 2.50. The molecule has 0 aliphatic rings. The fraction of sp³-hybridized carbons (Fsp3) is 0.545. The molecule has 1 rings (SSSR count). The summed E-state index contributed by atoms with van der Waals surface area (Å²) >= 11 is 0.721. The van der Waals surface area contributed by atoms with Gasteiger partial charge in [0.2, 0.25) is 0 Å². The molecule has 3 N–H and O–H groups in total. The largest absolute Gasteiger partial charge is 0.477 e. The first-order valence-electron chi connectivity index (χ1n) is 5.57. The highest BCUT2D eigenvalue weighted by Crippen LogP contribution is 2.27. The SMILES string of the molecule is Cc1cc(S(=O)(=O)NC(C)(C)CCO)sc1C(=O)O. The highest BCUT2D eigenvalue weighted by molar-refractivity contribution is 7.91. The Labute approximate surface area is 116 Å². The topological polar surface area (TPSA) is 104 Å². The molecule has 0 aromatic carbocycles. The van der Waals surface area contributed by atoms with Gasteiger partial charge in [0.15, 0.2) is 0 Å². The average molecular weight is 307 g/mol. The summed E-state index contributed by atoms with van der Waals surface area (Å²) < 4.78 is 26.7. The number of rotatable bonds is 6. The van der Waals surface area contributed by atoms with Crippen LogP contribution in [0.5, 0.6) is 0 Å². The van der Waals surface area contributed by atoms with E-state index in [9.17, 15) is 13.2 Å². The first-order valence-corrected chi connectivity index (χ1v) is 7.87. The van der Waals surface area contributed by atoms with E-state index in [-0.39, 0.29) is 22.1 Å². The van der Waals surface area contributed by atoms with Gasteiger partial charge in [-0.2, -0.15) is 0 Å². The molecule has 0 atom stereocenters. The van der Waals surface area contributed by atoms with Crippen molar-refractivity contribution < 1.29 is 23.4 Å². The summed E-state index contributed by atoms with van der Waals surface area (Å²) in [6.07, 6.45) is 0.266.